The Morgan fingerprint density at radius 2 is 1.62 bits per heavy atom. The van der Waals surface area contributed by atoms with Crippen molar-refractivity contribution >= 4 is 17.7 Å². The summed E-state index contributed by atoms with van der Waals surface area (Å²) in [7, 11) is 0. The number of aliphatic carboxylic acids is 1. The van der Waals surface area contributed by atoms with Crippen LogP contribution < -0.4 is 0 Å². The van der Waals surface area contributed by atoms with E-state index in [2.05, 4.69) is 47.6 Å². The quantitative estimate of drug-likeness (QED) is 0.410. The first-order chi connectivity index (χ1) is 17.1. The van der Waals surface area contributed by atoms with E-state index >= 15 is 0 Å². The van der Waals surface area contributed by atoms with Gasteiger partial charge in [0.15, 0.2) is 5.78 Å². The number of carboxylic acid groups (broad SMARTS) is 1. The van der Waals surface area contributed by atoms with Gasteiger partial charge in [-0.05, 0) is 110 Å². The largest absolute Gasteiger partial charge is 0.481 e. The molecule has 0 aromatic carbocycles. The molecule has 206 valence electrons. The topological polar surface area (TPSA) is 80.7 Å². The fourth-order valence-corrected chi connectivity index (χ4v) is 11.0. The summed E-state index contributed by atoms with van der Waals surface area (Å²) in [4.78, 5) is 39.1. The Morgan fingerprint density at radius 1 is 0.946 bits per heavy atom. The van der Waals surface area contributed by atoms with E-state index in [4.69, 9.17) is 4.74 Å². The minimum absolute atomic E-state index is 0.0680. The molecule has 5 rings (SSSR count). The van der Waals surface area contributed by atoms with Crippen LogP contribution in [0.4, 0.5) is 0 Å². The van der Waals surface area contributed by atoms with E-state index in [1.807, 2.05) is 0 Å². The van der Waals surface area contributed by atoms with E-state index in [1.54, 1.807) is 6.92 Å². The van der Waals surface area contributed by atoms with Gasteiger partial charge in [0.25, 0.3) is 0 Å². The van der Waals surface area contributed by atoms with Gasteiger partial charge < -0.3 is 9.84 Å². The van der Waals surface area contributed by atoms with Crippen molar-refractivity contribution in [3.05, 3.63) is 11.6 Å². The molecule has 0 amide bonds. The number of ketones is 1. The van der Waals surface area contributed by atoms with Crippen molar-refractivity contribution in [1.29, 1.82) is 0 Å². The normalized spacial score (nSPS) is 53.1. The van der Waals surface area contributed by atoms with Gasteiger partial charge in [0, 0.05) is 12.8 Å². The lowest BCUT2D eigenvalue weighted by molar-refractivity contribution is -0.220. The summed E-state index contributed by atoms with van der Waals surface area (Å²) in [5.41, 5.74) is -0.280. The van der Waals surface area contributed by atoms with Crippen LogP contribution in [-0.4, -0.2) is 28.9 Å². The van der Waals surface area contributed by atoms with Gasteiger partial charge in [-0.25, -0.2) is 0 Å². The van der Waals surface area contributed by atoms with Gasteiger partial charge in [0.2, 0.25) is 0 Å². The van der Waals surface area contributed by atoms with Crippen molar-refractivity contribution < 1.29 is 24.2 Å². The zero-order chi connectivity index (χ0) is 27.3. The van der Waals surface area contributed by atoms with Gasteiger partial charge in [-0.3, -0.25) is 14.4 Å². The monoisotopic (exact) mass is 512 g/mol. The van der Waals surface area contributed by atoms with Gasteiger partial charge in [-0.15, -0.1) is 0 Å². The summed E-state index contributed by atoms with van der Waals surface area (Å²) in [6, 6.07) is 0. The molecule has 37 heavy (non-hydrogen) atoms. The highest BCUT2D eigenvalue weighted by atomic mass is 16.5. The maximum absolute atomic E-state index is 14.4. The van der Waals surface area contributed by atoms with Crippen LogP contribution in [0.5, 0.6) is 0 Å². The Labute approximate surface area is 223 Å². The maximum Gasteiger partial charge on any atom is 0.313 e. The van der Waals surface area contributed by atoms with Crippen molar-refractivity contribution in [3.63, 3.8) is 0 Å². The van der Waals surface area contributed by atoms with E-state index in [0.29, 0.717) is 30.6 Å². The third-order valence-corrected chi connectivity index (χ3v) is 13.5. The maximum atomic E-state index is 14.4. The average molecular weight is 513 g/mol. The second-order valence-electron chi connectivity index (χ2n) is 15.0. The van der Waals surface area contributed by atoms with E-state index in [-0.39, 0.29) is 33.9 Å². The SMILES string of the molecule is CC(=O)O[C@H]1CC[C@@]2(C)[C@H](CC[C@]3(C)[C@H]2C(=O)C=C2[C@@H]4[C@@H](C)[C@@H](C)CC[C@]4(C)CC[C@@]23C)[C@@]1(C)C(=O)O. The molecule has 5 aliphatic carbocycles. The van der Waals surface area contributed by atoms with Crippen molar-refractivity contribution in [2.75, 3.05) is 0 Å². The highest BCUT2D eigenvalue weighted by Crippen LogP contribution is 2.75. The van der Waals surface area contributed by atoms with Gasteiger partial charge in [-0.1, -0.05) is 47.1 Å². The lowest BCUT2D eigenvalue weighted by atomic mass is 9.33. The van der Waals surface area contributed by atoms with Crippen molar-refractivity contribution in [3.8, 4) is 0 Å². The Kier molecular flexibility index (Phi) is 5.95. The number of hydrogen-bond donors (Lipinski definition) is 1. The molecule has 0 aromatic rings. The number of carbonyl (C=O) groups excluding carboxylic acids is 2. The Hall–Kier alpha value is -1.65. The lowest BCUT2D eigenvalue weighted by Gasteiger charge is -2.70. The van der Waals surface area contributed by atoms with Gasteiger partial charge >= 0.3 is 11.9 Å². The van der Waals surface area contributed by atoms with Crippen LogP contribution >= 0.6 is 0 Å². The van der Waals surface area contributed by atoms with Crippen molar-refractivity contribution in [2.45, 2.75) is 113 Å². The molecule has 4 saturated carbocycles. The van der Waals surface area contributed by atoms with Crippen LogP contribution in [0.15, 0.2) is 11.6 Å². The number of allylic oxidation sites excluding steroid dienone is 2. The number of hydrogen-bond acceptors (Lipinski definition) is 4. The van der Waals surface area contributed by atoms with Gasteiger partial charge in [-0.2, -0.15) is 0 Å². The highest BCUT2D eigenvalue weighted by Gasteiger charge is 2.72. The zero-order valence-corrected chi connectivity index (χ0v) is 24.3. The summed E-state index contributed by atoms with van der Waals surface area (Å²) < 4.78 is 5.63. The number of ether oxygens (including phenoxy) is 1. The molecule has 4 fully saturated rings. The van der Waals surface area contributed by atoms with Crippen LogP contribution in [0.25, 0.3) is 0 Å². The highest BCUT2D eigenvalue weighted by molar-refractivity contribution is 5.96. The fraction of sp³-hybridized carbons (Fsp3) is 0.844. The Morgan fingerprint density at radius 3 is 2.24 bits per heavy atom. The molecule has 0 unspecified atom stereocenters. The van der Waals surface area contributed by atoms with Gasteiger partial charge in [0.05, 0.1) is 0 Å². The molecule has 5 aliphatic rings. The number of esters is 1. The number of carbonyl (C=O) groups is 3. The van der Waals surface area contributed by atoms with E-state index < -0.39 is 28.9 Å². The average Bonchev–Trinajstić information content (AvgIpc) is 2.79. The van der Waals surface area contributed by atoms with Crippen LogP contribution in [0.1, 0.15) is 107 Å². The summed E-state index contributed by atoms with van der Waals surface area (Å²) in [6.07, 6.45) is 8.96. The molecule has 0 radical (unpaired) electrons. The van der Waals surface area contributed by atoms with E-state index in [0.717, 1.165) is 19.3 Å². The van der Waals surface area contributed by atoms with Crippen LogP contribution in [-0.2, 0) is 19.1 Å². The molecule has 0 aromatic heterocycles. The predicted octanol–water partition coefficient (Wildman–Crippen LogP) is 6.84. The standard InChI is InChI=1S/C32H48O5/c1-18-9-12-28(4)15-16-30(6)21(25(28)19(18)2)17-22(34)26-29(5)13-11-24(37-20(3)33)32(8,27(35)36)23(29)10-14-31(26,30)7/h17-19,23-26H,9-16H2,1-8H3,(H,35,36)/t18-,19-,23-,24-,25-,26-,28+,29-,30-,31+,32+/m0/s1. The van der Waals surface area contributed by atoms with Crippen LogP contribution in [0, 0.1) is 56.7 Å². The van der Waals surface area contributed by atoms with E-state index in [9.17, 15) is 19.5 Å². The first kappa shape index (κ1) is 26.9. The smallest absolute Gasteiger partial charge is 0.313 e. The predicted molar refractivity (Wildman–Crippen MR) is 143 cm³/mol. The molecular weight excluding hydrogens is 464 g/mol. The molecule has 5 heteroatoms. The second kappa shape index (κ2) is 8.18. The molecule has 0 spiro atoms. The second-order valence-corrected chi connectivity index (χ2v) is 15.0. The molecule has 5 nitrogen and oxygen atoms in total. The molecule has 0 bridgehead atoms. The third-order valence-electron chi connectivity index (χ3n) is 13.5. The Bertz CT molecular complexity index is 1060. The van der Waals surface area contributed by atoms with Crippen LogP contribution in [0.3, 0.4) is 0 Å². The summed E-state index contributed by atoms with van der Waals surface area (Å²) >= 11 is 0. The van der Waals surface area contributed by atoms with Crippen LogP contribution in [0.2, 0.25) is 0 Å². The molecule has 0 aliphatic heterocycles. The molecular formula is C32H48O5. The zero-order valence-electron chi connectivity index (χ0n) is 24.3. The summed E-state index contributed by atoms with van der Waals surface area (Å²) in [6.45, 7) is 17.4. The summed E-state index contributed by atoms with van der Waals surface area (Å²) in [5.74, 6) is 0.0756. The molecule has 0 heterocycles. The Balaban J connectivity index is 1.62. The molecule has 0 saturated heterocycles. The molecule has 11 atom stereocenters. The molecule has 1 N–H and O–H groups in total. The first-order valence-corrected chi connectivity index (χ1v) is 14.7. The third kappa shape index (κ3) is 3.30. The number of fused-ring (bicyclic) bond motifs is 7. The number of carboxylic acids is 1. The lowest BCUT2D eigenvalue weighted by Crippen LogP contribution is -2.68. The van der Waals surface area contributed by atoms with E-state index in [1.165, 1.54) is 31.8 Å². The summed E-state index contributed by atoms with van der Waals surface area (Å²) in [5, 5.41) is 10.5. The number of rotatable bonds is 2. The van der Waals surface area contributed by atoms with Crippen molar-refractivity contribution in [2.24, 2.45) is 56.7 Å². The first-order valence-electron chi connectivity index (χ1n) is 14.7. The fourth-order valence-electron chi connectivity index (χ4n) is 11.0. The van der Waals surface area contributed by atoms with Crippen molar-refractivity contribution in [1.82, 2.24) is 0 Å². The minimum Gasteiger partial charge on any atom is -0.481 e. The van der Waals surface area contributed by atoms with Gasteiger partial charge in [0.1, 0.15) is 11.5 Å². The minimum atomic E-state index is -1.20.